The Balaban J connectivity index is 1.86. The number of benzene rings is 1. The van der Waals surface area contributed by atoms with E-state index in [2.05, 4.69) is 24.1 Å². The van der Waals surface area contributed by atoms with E-state index in [1.807, 2.05) is 23.1 Å². The van der Waals surface area contributed by atoms with Crippen molar-refractivity contribution in [2.24, 2.45) is 5.73 Å². The van der Waals surface area contributed by atoms with E-state index in [4.69, 9.17) is 5.73 Å². The number of amides is 1. The van der Waals surface area contributed by atoms with Crippen molar-refractivity contribution in [2.45, 2.75) is 24.4 Å². The van der Waals surface area contributed by atoms with Crippen molar-refractivity contribution < 1.29 is 4.79 Å². The average Bonchev–Trinajstić information content (AvgIpc) is 3.18. The number of piperazine rings is 1. The summed E-state index contributed by atoms with van der Waals surface area (Å²) in [4.78, 5) is 16.8. The van der Waals surface area contributed by atoms with E-state index < -0.39 is 5.54 Å². The Morgan fingerprint density at radius 3 is 2.58 bits per heavy atom. The zero-order valence-electron chi connectivity index (χ0n) is 11.4. The lowest BCUT2D eigenvalue weighted by molar-refractivity contribution is -0.138. The van der Waals surface area contributed by atoms with Gasteiger partial charge in [0, 0.05) is 19.6 Å². The molecule has 2 N–H and O–H groups in total. The standard InChI is InChI=1S/C15H21N3O/c1-17-9-10-18(14(19)15(16)7-8-15)13(11-17)12-5-3-2-4-6-12/h2-6,13H,7-11,16H2,1H3. The van der Waals surface area contributed by atoms with Crippen LogP contribution in [0.2, 0.25) is 0 Å². The molecule has 0 bridgehead atoms. The molecule has 1 saturated carbocycles. The summed E-state index contributed by atoms with van der Waals surface area (Å²) >= 11 is 0. The van der Waals surface area contributed by atoms with E-state index in [0.717, 1.165) is 32.5 Å². The van der Waals surface area contributed by atoms with E-state index in [9.17, 15) is 4.79 Å². The smallest absolute Gasteiger partial charge is 0.243 e. The summed E-state index contributed by atoms with van der Waals surface area (Å²) in [5.41, 5.74) is 6.73. The Labute approximate surface area is 114 Å². The van der Waals surface area contributed by atoms with Crippen molar-refractivity contribution in [1.82, 2.24) is 9.80 Å². The molecule has 1 unspecified atom stereocenters. The van der Waals surface area contributed by atoms with Crippen LogP contribution < -0.4 is 5.73 Å². The van der Waals surface area contributed by atoms with Crippen molar-refractivity contribution in [1.29, 1.82) is 0 Å². The SMILES string of the molecule is CN1CCN(C(=O)C2(N)CC2)C(c2ccccc2)C1. The van der Waals surface area contributed by atoms with Crippen LogP contribution in [0.15, 0.2) is 30.3 Å². The van der Waals surface area contributed by atoms with Crippen molar-refractivity contribution >= 4 is 5.91 Å². The Kier molecular flexibility index (Phi) is 3.07. The summed E-state index contributed by atoms with van der Waals surface area (Å²) in [7, 11) is 2.10. The van der Waals surface area contributed by atoms with Gasteiger partial charge in [-0.3, -0.25) is 4.79 Å². The van der Waals surface area contributed by atoms with Crippen LogP contribution in [0.3, 0.4) is 0 Å². The average molecular weight is 259 g/mol. The Hall–Kier alpha value is -1.39. The van der Waals surface area contributed by atoms with Crippen LogP contribution in [0.1, 0.15) is 24.4 Å². The maximum absolute atomic E-state index is 12.6. The van der Waals surface area contributed by atoms with E-state index in [0.29, 0.717) is 0 Å². The van der Waals surface area contributed by atoms with E-state index in [1.54, 1.807) is 0 Å². The van der Waals surface area contributed by atoms with Gasteiger partial charge in [-0.05, 0) is 25.5 Å². The number of carbonyl (C=O) groups excluding carboxylic acids is 1. The van der Waals surface area contributed by atoms with Gasteiger partial charge in [0.05, 0.1) is 11.6 Å². The molecule has 0 radical (unpaired) electrons. The fraction of sp³-hybridized carbons (Fsp3) is 0.533. The molecule has 2 fully saturated rings. The molecule has 2 aliphatic rings. The minimum absolute atomic E-state index is 0.133. The Morgan fingerprint density at radius 2 is 1.95 bits per heavy atom. The van der Waals surface area contributed by atoms with Gasteiger partial charge in [0.15, 0.2) is 0 Å². The van der Waals surface area contributed by atoms with Gasteiger partial charge in [-0.2, -0.15) is 0 Å². The summed E-state index contributed by atoms with van der Waals surface area (Å²) in [5.74, 6) is 0.134. The maximum atomic E-state index is 12.6. The second-order valence-corrected chi connectivity index (χ2v) is 5.84. The molecule has 4 heteroatoms. The van der Waals surface area contributed by atoms with Crippen LogP contribution in [-0.2, 0) is 4.79 Å². The number of nitrogens with two attached hydrogens (primary N) is 1. The summed E-state index contributed by atoms with van der Waals surface area (Å²) in [6.07, 6.45) is 1.67. The van der Waals surface area contributed by atoms with Gasteiger partial charge in [-0.25, -0.2) is 0 Å². The number of hydrogen-bond acceptors (Lipinski definition) is 3. The topological polar surface area (TPSA) is 49.6 Å². The maximum Gasteiger partial charge on any atom is 0.243 e. The third-order valence-electron chi connectivity index (χ3n) is 4.24. The molecular formula is C15H21N3O. The van der Waals surface area contributed by atoms with Crippen LogP contribution in [0.25, 0.3) is 0 Å². The largest absolute Gasteiger partial charge is 0.331 e. The molecule has 19 heavy (non-hydrogen) atoms. The Bertz CT molecular complexity index is 470. The number of rotatable bonds is 2. The minimum Gasteiger partial charge on any atom is -0.331 e. The molecule has 3 rings (SSSR count). The summed E-state index contributed by atoms with van der Waals surface area (Å²) in [6, 6.07) is 10.4. The molecule has 1 saturated heterocycles. The van der Waals surface area contributed by atoms with Gasteiger partial charge < -0.3 is 15.5 Å². The highest BCUT2D eigenvalue weighted by Crippen LogP contribution is 2.37. The van der Waals surface area contributed by atoms with Gasteiger partial charge in [-0.15, -0.1) is 0 Å². The summed E-state index contributed by atoms with van der Waals surface area (Å²) in [6.45, 7) is 2.57. The van der Waals surface area contributed by atoms with E-state index >= 15 is 0 Å². The summed E-state index contributed by atoms with van der Waals surface area (Å²) < 4.78 is 0. The molecule has 1 aromatic carbocycles. The first-order valence-electron chi connectivity index (χ1n) is 6.94. The van der Waals surface area contributed by atoms with Gasteiger partial charge in [-0.1, -0.05) is 30.3 Å². The predicted octanol–water partition coefficient (Wildman–Crippen LogP) is 0.993. The van der Waals surface area contributed by atoms with E-state index in [-0.39, 0.29) is 11.9 Å². The molecule has 1 atom stereocenters. The first-order chi connectivity index (χ1) is 9.10. The van der Waals surface area contributed by atoms with Crippen molar-refractivity contribution in [3.8, 4) is 0 Å². The first kappa shape index (κ1) is 12.6. The van der Waals surface area contributed by atoms with Gasteiger partial charge in [0.1, 0.15) is 0 Å². The second-order valence-electron chi connectivity index (χ2n) is 5.84. The van der Waals surface area contributed by atoms with Crippen LogP contribution in [-0.4, -0.2) is 47.9 Å². The predicted molar refractivity (Wildman–Crippen MR) is 74.5 cm³/mol. The summed E-state index contributed by atoms with van der Waals surface area (Å²) in [5, 5.41) is 0. The zero-order valence-corrected chi connectivity index (χ0v) is 11.4. The second kappa shape index (κ2) is 4.62. The first-order valence-corrected chi connectivity index (χ1v) is 6.94. The van der Waals surface area contributed by atoms with Gasteiger partial charge >= 0.3 is 0 Å². The molecule has 1 aromatic rings. The highest BCUT2D eigenvalue weighted by molar-refractivity contribution is 5.89. The fourth-order valence-corrected chi connectivity index (χ4v) is 2.76. The molecule has 1 amide bonds. The zero-order chi connectivity index (χ0) is 13.5. The third kappa shape index (κ3) is 2.38. The Morgan fingerprint density at radius 1 is 1.26 bits per heavy atom. The molecule has 1 aliphatic heterocycles. The normalized spacial score (nSPS) is 26.2. The van der Waals surface area contributed by atoms with Crippen LogP contribution in [0.5, 0.6) is 0 Å². The van der Waals surface area contributed by atoms with E-state index in [1.165, 1.54) is 5.56 Å². The minimum atomic E-state index is -0.567. The molecule has 1 heterocycles. The van der Waals surface area contributed by atoms with Crippen molar-refractivity contribution in [2.75, 3.05) is 26.7 Å². The number of carbonyl (C=O) groups is 1. The van der Waals surface area contributed by atoms with Crippen molar-refractivity contribution in [3.05, 3.63) is 35.9 Å². The van der Waals surface area contributed by atoms with Gasteiger partial charge in [0.2, 0.25) is 5.91 Å². The van der Waals surface area contributed by atoms with Crippen LogP contribution in [0, 0.1) is 0 Å². The number of likely N-dealkylation sites (N-methyl/N-ethyl adjacent to an activating group) is 1. The molecule has 0 spiro atoms. The third-order valence-corrected chi connectivity index (χ3v) is 4.24. The molecule has 1 aliphatic carbocycles. The monoisotopic (exact) mass is 259 g/mol. The lowest BCUT2D eigenvalue weighted by Gasteiger charge is -2.41. The lowest BCUT2D eigenvalue weighted by atomic mass is 10.0. The molecule has 0 aromatic heterocycles. The highest BCUT2D eigenvalue weighted by atomic mass is 16.2. The fourth-order valence-electron chi connectivity index (χ4n) is 2.76. The molecular weight excluding hydrogens is 238 g/mol. The number of hydrogen-bond donors (Lipinski definition) is 1. The number of nitrogens with zero attached hydrogens (tertiary/aromatic N) is 2. The van der Waals surface area contributed by atoms with Crippen LogP contribution in [0.4, 0.5) is 0 Å². The lowest BCUT2D eigenvalue weighted by Crippen LogP contribution is -2.54. The molecule has 4 nitrogen and oxygen atoms in total. The van der Waals surface area contributed by atoms with Crippen LogP contribution >= 0.6 is 0 Å². The quantitative estimate of drug-likeness (QED) is 0.862. The highest BCUT2D eigenvalue weighted by Gasteiger charge is 2.50. The molecule has 102 valence electrons. The van der Waals surface area contributed by atoms with Crippen molar-refractivity contribution in [3.63, 3.8) is 0 Å². The van der Waals surface area contributed by atoms with Gasteiger partial charge in [0.25, 0.3) is 0 Å².